The zero-order valence-corrected chi connectivity index (χ0v) is 10.3. The fourth-order valence-corrected chi connectivity index (χ4v) is 3.34. The summed E-state index contributed by atoms with van der Waals surface area (Å²) in [5, 5.41) is 10.1. The molecule has 5 nitrogen and oxygen atoms in total. The summed E-state index contributed by atoms with van der Waals surface area (Å²) in [6.07, 6.45) is -0.732. The summed E-state index contributed by atoms with van der Waals surface area (Å²) in [7, 11) is 0. The Labute approximate surface area is 100 Å². The standard InChI is InChI=1S/C12H18O5/c1-4-15-10(14)12-5-6(12)7(13)8-9(12)17-11(2,3)16-8/h6-9,13H,4-5H2,1-3H3/t6-,7+,8+,9+,12+/m1/s1. The van der Waals surface area contributed by atoms with Crippen LogP contribution in [0.15, 0.2) is 0 Å². The van der Waals surface area contributed by atoms with Gasteiger partial charge in [0.2, 0.25) is 0 Å². The summed E-state index contributed by atoms with van der Waals surface area (Å²) in [4.78, 5) is 12.0. The van der Waals surface area contributed by atoms with Crippen molar-refractivity contribution < 1.29 is 24.1 Å². The lowest BCUT2D eigenvalue weighted by atomic mass is 10.00. The average Bonchev–Trinajstić information content (AvgIpc) is 2.85. The predicted octanol–water partition coefficient (Wildman–Crippen LogP) is 0.450. The van der Waals surface area contributed by atoms with Crippen molar-refractivity contribution in [2.45, 2.75) is 51.3 Å². The highest BCUT2D eigenvalue weighted by atomic mass is 16.8. The van der Waals surface area contributed by atoms with Gasteiger partial charge in [0.15, 0.2) is 5.79 Å². The molecule has 0 aromatic rings. The molecular weight excluding hydrogens is 224 g/mol. The van der Waals surface area contributed by atoms with E-state index >= 15 is 0 Å². The lowest BCUT2D eigenvalue weighted by Gasteiger charge is -2.21. The molecule has 0 bridgehead atoms. The highest BCUT2D eigenvalue weighted by Crippen LogP contribution is 2.68. The minimum atomic E-state index is -0.733. The summed E-state index contributed by atoms with van der Waals surface area (Å²) >= 11 is 0. The maximum absolute atomic E-state index is 12.0. The third-order valence-electron chi connectivity index (χ3n) is 4.10. The topological polar surface area (TPSA) is 65.0 Å². The van der Waals surface area contributed by atoms with E-state index in [-0.39, 0.29) is 18.0 Å². The van der Waals surface area contributed by atoms with E-state index in [1.807, 2.05) is 0 Å². The Morgan fingerprint density at radius 1 is 1.47 bits per heavy atom. The predicted molar refractivity (Wildman–Crippen MR) is 57.0 cm³/mol. The van der Waals surface area contributed by atoms with E-state index in [1.165, 1.54) is 0 Å². The van der Waals surface area contributed by atoms with Crippen molar-refractivity contribution in [1.82, 2.24) is 0 Å². The molecule has 3 fully saturated rings. The number of aliphatic hydroxyl groups excluding tert-OH is 1. The maximum atomic E-state index is 12.0. The average molecular weight is 242 g/mol. The molecule has 3 aliphatic rings. The zero-order chi connectivity index (χ0) is 12.4. The number of rotatable bonds is 2. The SMILES string of the molecule is CCOC(=O)[C@@]12C[C@@H]1[C@H](O)[C@@H]1OC(C)(C)O[C@@H]12. The van der Waals surface area contributed by atoms with Crippen LogP contribution in [-0.4, -0.2) is 41.8 Å². The second-order valence-electron chi connectivity index (χ2n) is 5.58. The summed E-state index contributed by atoms with van der Waals surface area (Å²) in [5.41, 5.74) is -0.659. The molecule has 1 heterocycles. The number of fused-ring (bicyclic) bond motifs is 3. The highest BCUT2D eigenvalue weighted by molar-refractivity contribution is 5.83. The Morgan fingerprint density at radius 2 is 2.18 bits per heavy atom. The normalized spacial score (nSPS) is 49.6. The monoisotopic (exact) mass is 242 g/mol. The van der Waals surface area contributed by atoms with Crippen LogP contribution in [0.5, 0.6) is 0 Å². The van der Waals surface area contributed by atoms with Crippen LogP contribution in [0.25, 0.3) is 0 Å². The van der Waals surface area contributed by atoms with Crippen molar-refractivity contribution in [1.29, 1.82) is 0 Å². The van der Waals surface area contributed by atoms with Crippen LogP contribution in [0.1, 0.15) is 27.2 Å². The van der Waals surface area contributed by atoms with Crippen LogP contribution in [0.3, 0.4) is 0 Å². The summed E-state index contributed by atoms with van der Waals surface area (Å²) < 4.78 is 16.6. The van der Waals surface area contributed by atoms with Gasteiger partial charge in [-0.25, -0.2) is 0 Å². The molecule has 96 valence electrons. The number of hydrogen-bond donors (Lipinski definition) is 1. The Balaban J connectivity index is 1.87. The molecule has 0 radical (unpaired) electrons. The van der Waals surface area contributed by atoms with E-state index in [2.05, 4.69) is 0 Å². The van der Waals surface area contributed by atoms with E-state index < -0.39 is 23.4 Å². The molecule has 1 N–H and O–H groups in total. The number of carbonyl (C=O) groups excluding carboxylic acids is 1. The Hall–Kier alpha value is -0.650. The van der Waals surface area contributed by atoms with Gasteiger partial charge < -0.3 is 19.3 Å². The maximum Gasteiger partial charge on any atom is 0.315 e. The van der Waals surface area contributed by atoms with Crippen molar-refractivity contribution in [2.75, 3.05) is 6.61 Å². The summed E-state index contributed by atoms with van der Waals surface area (Å²) in [6, 6.07) is 0. The molecule has 2 aliphatic carbocycles. The molecule has 5 atom stereocenters. The molecule has 0 aromatic heterocycles. The lowest BCUT2D eigenvalue weighted by molar-refractivity contribution is -0.176. The smallest absolute Gasteiger partial charge is 0.315 e. The van der Waals surface area contributed by atoms with Gasteiger partial charge in [-0.15, -0.1) is 0 Å². The van der Waals surface area contributed by atoms with Crippen molar-refractivity contribution in [3.8, 4) is 0 Å². The minimum Gasteiger partial charge on any atom is -0.465 e. The third kappa shape index (κ3) is 1.33. The largest absolute Gasteiger partial charge is 0.465 e. The Bertz CT molecular complexity index is 366. The second kappa shape index (κ2) is 3.22. The van der Waals surface area contributed by atoms with E-state index in [1.54, 1.807) is 20.8 Å². The van der Waals surface area contributed by atoms with Crippen LogP contribution >= 0.6 is 0 Å². The minimum absolute atomic E-state index is 0.0624. The molecule has 5 heteroatoms. The fourth-order valence-electron chi connectivity index (χ4n) is 3.34. The van der Waals surface area contributed by atoms with Gasteiger partial charge in [0.1, 0.15) is 17.6 Å². The molecule has 1 saturated heterocycles. The first-order valence-electron chi connectivity index (χ1n) is 6.13. The van der Waals surface area contributed by atoms with Crippen molar-refractivity contribution >= 4 is 5.97 Å². The van der Waals surface area contributed by atoms with E-state index in [9.17, 15) is 9.90 Å². The zero-order valence-electron chi connectivity index (χ0n) is 10.3. The van der Waals surface area contributed by atoms with Gasteiger partial charge in [-0.05, 0) is 27.2 Å². The first-order valence-corrected chi connectivity index (χ1v) is 6.13. The molecule has 0 amide bonds. The van der Waals surface area contributed by atoms with Gasteiger partial charge >= 0.3 is 5.97 Å². The van der Waals surface area contributed by atoms with Crippen LogP contribution in [0.4, 0.5) is 0 Å². The van der Waals surface area contributed by atoms with Crippen LogP contribution in [0.2, 0.25) is 0 Å². The number of hydrogen-bond acceptors (Lipinski definition) is 5. The lowest BCUT2D eigenvalue weighted by Crippen LogP contribution is -2.37. The molecular formula is C12H18O5. The number of carbonyl (C=O) groups is 1. The Morgan fingerprint density at radius 3 is 2.82 bits per heavy atom. The first kappa shape index (κ1) is 11.4. The molecule has 0 unspecified atom stereocenters. The molecule has 2 saturated carbocycles. The number of ether oxygens (including phenoxy) is 3. The molecule has 1 aliphatic heterocycles. The van der Waals surface area contributed by atoms with Gasteiger partial charge in [-0.2, -0.15) is 0 Å². The molecule has 17 heavy (non-hydrogen) atoms. The van der Waals surface area contributed by atoms with Crippen LogP contribution in [-0.2, 0) is 19.0 Å². The Kier molecular flexibility index (Phi) is 2.16. The van der Waals surface area contributed by atoms with Crippen LogP contribution < -0.4 is 0 Å². The highest BCUT2D eigenvalue weighted by Gasteiger charge is 2.79. The molecule has 0 aromatic carbocycles. The first-order chi connectivity index (χ1) is 7.92. The van der Waals surface area contributed by atoms with Gasteiger partial charge in [-0.3, -0.25) is 4.79 Å². The van der Waals surface area contributed by atoms with E-state index in [0.29, 0.717) is 13.0 Å². The van der Waals surface area contributed by atoms with Crippen molar-refractivity contribution in [2.24, 2.45) is 11.3 Å². The third-order valence-corrected chi connectivity index (χ3v) is 4.10. The number of esters is 1. The van der Waals surface area contributed by atoms with E-state index in [4.69, 9.17) is 14.2 Å². The van der Waals surface area contributed by atoms with Gasteiger partial charge in [0.05, 0.1) is 12.7 Å². The molecule has 3 rings (SSSR count). The van der Waals surface area contributed by atoms with Crippen LogP contribution in [0, 0.1) is 11.3 Å². The van der Waals surface area contributed by atoms with Gasteiger partial charge in [0, 0.05) is 5.92 Å². The van der Waals surface area contributed by atoms with Crippen molar-refractivity contribution in [3.05, 3.63) is 0 Å². The van der Waals surface area contributed by atoms with Gasteiger partial charge in [-0.1, -0.05) is 0 Å². The quantitative estimate of drug-likeness (QED) is 0.712. The summed E-state index contributed by atoms with van der Waals surface area (Å²) in [6.45, 7) is 5.73. The summed E-state index contributed by atoms with van der Waals surface area (Å²) in [5.74, 6) is -1.05. The second-order valence-corrected chi connectivity index (χ2v) is 5.58. The number of aliphatic hydroxyl groups is 1. The van der Waals surface area contributed by atoms with E-state index in [0.717, 1.165) is 0 Å². The molecule has 0 spiro atoms. The van der Waals surface area contributed by atoms with Gasteiger partial charge in [0.25, 0.3) is 0 Å². The fraction of sp³-hybridized carbons (Fsp3) is 0.917. The van der Waals surface area contributed by atoms with Crippen molar-refractivity contribution in [3.63, 3.8) is 0 Å².